The smallest absolute Gasteiger partial charge is 0.160 e. The van der Waals surface area contributed by atoms with E-state index in [1.165, 1.54) is 6.08 Å². The van der Waals surface area contributed by atoms with Crippen LogP contribution in [-0.4, -0.2) is 64.8 Å². The summed E-state index contributed by atoms with van der Waals surface area (Å²) in [5.41, 5.74) is 0. The Morgan fingerprint density at radius 3 is 1.83 bits per heavy atom. The number of aliphatic hydroxyl groups is 4. The van der Waals surface area contributed by atoms with Gasteiger partial charge in [-0.05, 0) is 33.6 Å². The first kappa shape index (κ1) is 27.4. The third kappa shape index (κ3) is 21.5. The molecule has 0 bridgehead atoms. The maximum absolute atomic E-state index is 9.54. The topological polar surface area (TPSA) is 99.4 Å². The van der Waals surface area contributed by atoms with Crippen molar-refractivity contribution in [1.82, 2.24) is 0 Å². The standard InChI is InChI=1S/C10H20O4.C3H6O.C2H6O.C2H6/c1-10(2,12)14-9-5-7(11)4-8(6-9)13-3;1-2-3-4;1-2-3;1-2/h7-9,11-12H,4-6H2,1-3H3;2,4H,1,3H2;3H,2H2,1H3;1-2H3. The third-order valence-corrected chi connectivity index (χ3v) is 2.51. The molecule has 0 aromatic heterocycles. The summed E-state index contributed by atoms with van der Waals surface area (Å²) in [6, 6.07) is 0. The van der Waals surface area contributed by atoms with Gasteiger partial charge in [0.25, 0.3) is 0 Å². The van der Waals surface area contributed by atoms with Gasteiger partial charge in [-0.1, -0.05) is 19.9 Å². The predicted octanol–water partition coefficient (Wildman–Crippen LogP) is 1.85. The quantitative estimate of drug-likeness (QED) is 0.461. The van der Waals surface area contributed by atoms with E-state index in [4.69, 9.17) is 19.7 Å². The molecular weight excluding hydrogens is 300 g/mol. The van der Waals surface area contributed by atoms with Gasteiger partial charge in [-0.3, -0.25) is 0 Å². The van der Waals surface area contributed by atoms with Crippen LogP contribution in [0.3, 0.4) is 0 Å². The molecule has 0 radical (unpaired) electrons. The summed E-state index contributed by atoms with van der Waals surface area (Å²) in [5, 5.41) is 34.3. The van der Waals surface area contributed by atoms with Gasteiger partial charge < -0.3 is 29.9 Å². The Balaban J connectivity index is -0.000000372. The normalized spacial score (nSPS) is 23.1. The molecular formula is C17H38O6. The van der Waals surface area contributed by atoms with Crippen molar-refractivity contribution in [1.29, 1.82) is 0 Å². The molecule has 0 spiro atoms. The lowest BCUT2D eigenvalue weighted by molar-refractivity contribution is -0.223. The van der Waals surface area contributed by atoms with Crippen LogP contribution < -0.4 is 0 Å². The van der Waals surface area contributed by atoms with E-state index in [2.05, 4.69) is 6.58 Å². The number of aliphatic hydroxyl groups excluding tert-OH is 3. The fourth-order valence-electron chi connectivity index (χ4n) is 1.89. The van der Waals surface area contributed by atoms with Crippen LogP contribution in [0.15, 0.2) is 12.7 Å². The summed E-state index contributed by atoms with van der Waals surface area (Å²) >= 11 is 0. The van der Waals surface area contributed by atoms with E-state index >= 15 is 0 Å². The molecule has 6 nitrogen and oxygen atoms in total. The molecule has 0 amide bonds. The SMILES string of the molecule is C=CCO.CC.CCO.COC1CC(O)CC(OC(C)(C)O)C1. The first-order chi connectivity index (χ1) is 10.7. The second-order valence-corrected chi connectivity index (χ2v) is 5.19. The molecule has 4 N–H and O–H groups in total. The summed E-state index contributed by atoms with van der Waals surface area (Å²) in [7, 11) is 1.63. The van der Waals surface area contributed by atoms with E-state index in [1.807, 2.05) is 13.8 Å². The molecule has 0 aromatic carbocycles. The van der Waals surface area contributed by atoms with Crippen LogP contribution in [0.25, 0.3) is 0 Å². The molecule has 0 heterocycles. The van der Waals surface area contributed by atoms with Crippen molar-refractivity contribution in [3.63, 3.8) is 0 Å². The van der Waals surface area contributed by atoms with Crippen molar-refractivity contribution in [3.8, 4) is 0 Å². The van der Waals surface area contributed by atoms with E-state index in [0.29, 0.717) is 12.8 Å². The summed E-state index contributed by atoms with van der Waals surface area (Å²) in [4.78, 5) is 0. The average molecular weight is 338 g/mol. The lowest BCUT2D eigenvalue weighted by Gasteiger charge is -2.34. The maximum Gasteiger partial charge on any atom is 0.160 e. The number of hydrogen-bond donors (Lipinski definition) is 4. The zero-order valence-corrected chi connectivity index (χ0v) is 15.7. The Morgan fingerprint density at radius 2 is 1.52 bits per heavy atom. The van der Waals surface area contributed by atoms with Crippen molar-refractivity contribution in [2.75, 3.05) is 20.3 Å². The van der Waals surface area contributed by atoms with Crippen LogP contribution >= 0.6 is 0 Å². The van der Waals surface area contributed by atoms with Gasteiger partial charge in [0.05, 0.1) is 24.9 Å². The molecule has 1 rings (SSSR count). The van der Waals surface area contributed by atoms with Gasteiger partial charge in [0, 0.05) is 20.1 Å². The molecule has 0 saturated heterocycles. The van der Waals surface area contributed by atoms with Gasteiger partial charge >= 0.3 is 0 Å². The molecule has 1 saturated carbocycles. The van der Waals surface area contributed by atoms with Gasteiger partial charge in [-0.25, -0.2) is 0 Å². The Morgan fingerprint density at radius 1 is 1.13 bits per heavy atom. The van der Waals surface area contributed by atoms with Crippen molar-refractivity contribution < 1.29 is 29.9 Å². The Hall–Kier alpha value is -0.500. The first-order valence-corrected chi connectivity index (χ1v) is 8.17. The van der Waals surface area contributed by atoms with E-state index in [-0.39, 0.29) is 31.5 Å². The maximum atomic E-state index is 9.54. The molecule has 6 heteroatoms. The molecule has 0 aromatic rings. The largest absolute Gasteiger partial charge is 0.397 e. The fraction of sp³-hybridized carbons (Fsp3) is 0.882. The van der Waals surface area contributed by atoms with E-state index < -0.39 is 5.79 Å². The van der Waals surface area contributed by atoms with Crippen LogP contribution in [0.4, 0.5) is 0 Å². The lowest BCUT2D eigenvalue weighted by Crippen LogP contribution is -2.40. The van der Waals surface area contributed by atoms with Gasteiger partial charge in [0.2, 0.25) is 0 Å². The van der Waals surface area contributed by atoms with Crippen LogP contribution in [0, 0.1) is 0 Å². The molecule has 142 valence electrons. The van der Waals surface area contributed by atoms with E-state index in [1.54, 1.807) is 27.9 Å². The van der Waals surface area contributed by atoms with Crippen LogP contribution in [0.1, 0.15) is 53.9 Å². The van der Waals surface area contributed by atoms with Gasteiger partial charge in [-0.15, -0.1) is 6.58 Å². The Bertz CT molecular complexity index is 240. The van der Waals surface area contributed by atoms with E-state index in [9.17, 15) is 10.2 Å². The number of rotatable bonds is 4. The molecule has 1 fully saturated rings. The third-order valence-electron chi connectivity index (χ3n) is 2.51. The first-order valence-electron chi connectivity index (χ1n) is 8.17. The average Bonchev–Trinajstić information content (AvgIpc) is 2.48. The molecule has 1 aliphatic carbocycles. The molecule has 1 aliphatic rings. The summed E-state index contributed by atoms with van der Waals surface area (Å²) in [5.74, 6) is -1.14. The monoisotopic (exact) mass is 338 g/mol. The molecule has 23 heavy (non-hydrogen) atoms. The Labute approximate surface area is 141 Å². The second kappa shape index (κ2) is 17.8. The predicted molar refractivity (Wildman–Crippen MR) is 93.2 cm³/mol. The van der Waals surface area contributed by atoms with Crippen LogP contribution in [0.5, 0.6) is 0 Å². The zero-order valence-electron chi connectivity index (χ0n) is 15.7. The van der Waals surface area contributed by atoms with Gasteiger partial charge in [0.15, 0.2) is 5.79 Å². The minimum atomic E-state index is -1.14. The minimum absolute atomic E-state index is 0.0334. The number of methoxy groups -OCH3 is 1. The van der Waals surface area contributed by atoms with Crippen molar-refractivity contribution >= 4 is 0 Å². The zero-order chi connectivity index (χ0) is 18.9. The van der Waals surface area contributed by atoms with Crippen molar-refractivity contribution in [3.05, 3.63) is 12.7 Å². The minimum Gasteiger partial charge on any atom is -0.397 e. The van der Waals surface area contributed by atoms with Crippen LogP contribution in [0.2, 0.25) is 0 Å². The lowest BCUT2D eigenvalue weighted by atomic mass is 9.92. The Kier molecular flexibility index (Phi) is 21.2. The van der Waals surface area contributed by atoms with E-state index in [0.717, 1.165) is 6.42 Å². The number of hydrogen-bond acceptors (Lipinski definition) is 6. The second-order valence-electron chi connectivity index (χ2n) is 5.19. The van der Waals surface area contributed by atoms with Crippen molar-refractivity contribution in [2.24, 2.45) is 0 Å². The van der Waals surface area contributed by atoms with Crippen LogP contribution in [-0.2, 0) is 9.47 Å². The molecule has 3 atom stereocenters. The fourth-order valence-corrected chi connectivity index (χ4v) is 1.89. The highest BCUT2D eigenvalue weighted by Gasteiger charge is 2.31. The highest BCUT2D eigenvalue weighted by molar-refractivity contribution is 4.80. The molecule has 3 unspecified atom stereocenters. The summed E-state index contributed by atoms with van der Waals surface area (Å²) in [6.45, 7) is 12.4. The molecule has 0 aliphatic heterocycles. The highest BCUT2D eigenvalue weighted by atomic mass is 16.6. The summed E-state index contributed by atoms with van der Waals surface area (Å²) < 4.78 is 10.6. The van der Waals surface area contributed by atoms with Gasteiger partial charge in [-0.2, -0.15) is 0 Å². The summed E-state index contributed by atoms with van der Waals surface area (Å²) in [6.07, 6.45) is 2.92. The number of ether oxygens (including phenoxy) is 2. The van der Waals surface area contributed by atoms with Gasteiger partial charge in [0.1, 0.15) is 0 Å². The van der Waals surface area contributed by atoms with Crippen molar-refractivity contribution in [2.45, 2.75) is 78.0 Å². The highest BCUT2D eigenvalue weighted by Crippen LogP contribution is 2.26.